The van der Waals surface area contributed by atoms with Gasteiger partial charge in [0.2, 0.25) is 0 Å². The zero-order chi connectivity index (χ0) is 20.1. The number of esters is 1. The Kier molecular flexibility index (Phi) is 6.78. The van der Waals surface area contributed by atoms with Gasteiger partial charge in [-0.3, -0.25) is 4.79 Å². The van der Waals surface area contributed by atoms with Crippen molar-refractivity contribution in [3.63, 3.8) is 0 Å². The molecule has 7 nitrogen and oxygen atoms in total. The second-order valence-corrected chi connectivity index (χ2v) is 5.77. The Bertz CT molecular complexity index is 755. The van der Waals surface area contributed by atoms with Crippen LogP contribution >= 0.6 is 0 Å². The summed E-state index contributed by atoms with van der Waals surface area (Å²) in [6.45, 7) is 0.695. The maximum atomic E-state index is 14.1. The minimum Gasteiger partial charge on any atom is -0.465 e. The predicted octanol–water partition coefficient (Wildman–Crippen LogP) is 2.32. The van der Waals surface area contributed by atoms with Crippen molar-refractivity contribution >= 4 is 17.8 Å². The van der Waals surface area contributed by atoms with E-state index in [2.05, 4.69) is 9.47 Å². The molecule has 0 radical (unpaired) electrons. The van der Waals surface area contributed by atoms with Crippen molar-refractivity contribution in [2.24, 2.45) is 0 Å². The van der Waals surface area contributed by atoms with Crippen molar-refractivity contribution in [3.05, 3.63) is 34.6 Å². The molecule has 148 valence electrons. The van der Waals surface area contributed by atoms with Gasteiger partial charge in [-0.25, -0.2) is 22.8 Å². The molecule has 0 spiro atoms. The number of methoxy groups -OCH3 is 2. The molecule has 1 unspecified atom stereocenters. The van der Waals surface area contributed by atoms with Crippen LogP contribution in [0.3, 0.4) is 0 Å². The highest BCUT2D eigenvalue weighted by Crippen LogP contribution is 2.23. The van der Waals surface area contributed by atoms with Crippen molar-refractivity contribution in [2.75, 3.05) is 33.9 Å². The molecule has 1 heterocycles. The lowest BCUT2D eigenvalue weighted by molar-refractivity contribution is -0.0278. The first-order chi connectivity index (χ1) is 12.8. The van der Waals surface area contributed by atoms with Crippen LogP contribution < -0.4 is 0 Å². The lowest BCUT2D eigenvalue weighted by Crippen LogP contribution is -2.45. The fourth-order valence-corrected chi connectivity index (χ4v) is 2.72. The number of ether oxygens (including phenoxy) is 3. The van der Waals surface area contributed by atoms with Gasteiger partial charge < -0.3 is 19.1 Å². The average Bonchev–Trinajstić information content (AvgIpc) is 2.68. The Morgan fingerprint density at radius 2 is 1.89 bits per heavy atom. The molecule has 1 aliphatic heterocycles. The van der Waals surface area contributed by atoms with Crippen LogP contribution in [-0.2, 0) is 14.2 Å². The third kappa shape index (κ3) is 4.57. The number of carbonyl (C=O) groups is 3. The molecule has 2 rings (SSSR count). The molecule has 1 atom stereocenters. The average molecular weight is 389 g/mol. The Morgan fingerprint density at radius 3 is 2.52 bits per heavy atom. The molecule has 0 bridgehead atoms. The van der Waals surface area contributed by atoms with E-state index in [0.29, 0.717) is 12.6 Å². The van der Waals surface area contributed by atoms with Crippen LogP contribution in [-0.4, -0.2) is 62.8 Å². The monoisotopic (exact) mass is 389 g/mol. The van der Waals surface area contributed by atoms with E-state index in [-0.39, 0.29) is 26.0 Å². The van der Waals surface area contributed by atoms with E-state index in [0.717, 1.165) is 7.11 Å². The van der Waals surface area contributed by atoms with E-state index in [1.54, 1.807) is 0 Å². The first-order valence-corrected chi connectivity index (χ1v) is 8.03. The Balaban J connectivity index is 2.09. The van der Waals surface area contributed by atoms with Crippen molar-refractivity contribution in [3.8, 4) is 0 Å². The largest absolute Gasteiger partial charge is 0.465 e. The number of hydrogen-bond acceptors (Lipinski definition) is 6. The predicted molar refractivity (Wildman–Crippen MR) is 84.9 cm³/mol. The van der Waals surface area contributed by atoms with E-state index in [1.807, 2.05) is 0 Å². The van der Waals surface area contributed by atoms with Crippen molar-refractivity contribution < 1.29 is 41.8 Å². The molecule has 1 saturated heterocycles. The summed E-state index contributed by atoms with van der Waals surface area (Å²) in [5, 5.41) is 0. The number of carbonyl (C=O) groups excluding carboxylic acids is 3. The summed E-state index contributed by atoms with van der Waals surface area (Å²) >= 11 is 0. The van der Waals surface area contributed by atoms with Gasteiger partial charge in [0.05, 0.1) is 39.0 Å². The fourth-order valence-electron chi connectivity index (χ4n) is 2.72. The smallest absolute Gasteiger partial charge is 0.409 e. The molecule has 0 aromatic heterocycles. The molecule has 1 aromatic rings. The van der Waals surface area contributed by atoms with Crippen LogP contribution in [0.1, 0.15) is 33.6 Å². The van der Waals surface area contributed by atoms with E-state index < -0.39 is 52.5 Å². The van der Waals surface area contributed by atoms with Crippen molar-refractivity contribution in [1.29, 1.82) is 0 Å². The van der Waals surface area contributed by atoms with Gasteiger partial charge in [0.1, 0.15) is 11.4 Å². The quantitative estimate of drug-likeness (QED) is 0.437. The zero-order valence-corrected chi connectivity index (χ0v) is 14.7. The van der Waals surface area contributed by atoms with E-state index in [4.69, 9.17) is 4.74 Å². The first kappa shape index (κ1) is 20.7. The van der Waals surface area contributed by atoms with Crippen LogP contribution in [0.2, 0.25) is 0 Å². The second-order valence-electron chi connectivity index (χ2n) is 5.77. The van der Waals surface area contributed by atoms with Gasteiger partial charge in [-0.1, -0.05) is 0 Å². The van der Waals surface area contributed by atoms with Crippen LogP contribution in [0.15, 0.2) is 6.07 Å². The van der Waals surface area contributed by atoms with Crippen molar-refractivity contribution in [1.82, 2.24) is 4.90 Å². The summed E-state index contributed by atoms with van der Waals surface area (Å²) in [5.41, 5.74) is -2.01. The highest BCUT2D eigenvalue weighted by atomic mass is 19.2. The standard InChI is InChI=1S/C17H18F3NO6/c1-25-16(23)10-7-11(18)13(15(20)14(10)19)12(22)4-3-9-8-21(5-6-27-9)17(24)26-2/h7,9H,3-6,8H2,1-2H3. The van der Waals surface area contributed by atoms with Gasteiger partial charge in [0, 0.05) is 13.0 Å². The van der Waals surface area contributed by atoms with Gasteiger partial charge >= 0.3 is 12.1 Å². The van der Waals surface area contributed by atoms with Crippen molar-refractivity contribution in [2.45, 2.75) is 18.9 Å². The maximum Gasteiger partial charge on any atom is 0.409 e. The molecule has 27 heavy (non-hydrogen) atoms. The number of ketones is 1. The SMILES string of the molecule is COC(=O)c1cc(F)c(C(=O)CCC2CN(C(=O)OC)CCO2)c(F)c1F. The molecule has 1 aliphatic rings. The molecule has 0 aliphatic carbocycles. The van der Waals surface area contributed by atoms with Gasteiger partial charge in [0.15, 0.2) is 17.4 Å². The second kappa shape index (κ2) is 8.85. The number of amides is 1. The summed E-state index contributed by atoms with van der Waals surface area (Å²) in [6, 6.07) is 0.424. The fraction of sp³-hybridized carbons (Fsp3) is 0.471. The highest BCUT2D eigenvalue weighted by molar-refractivity contribution is 5.98. The lowest BCUT2D eigenvalue weighted by Gasteiger charge is -2.31. The Morgan fingerprint density at radius 1 is 1.19 bits per heavy atom. The normalized spacial score (nSPS) is 16.8. The van der Waals surface area contributed by atoms with Crippen LogP contribution in [0, 0.1) is 17.5 Å². The minimum absolute atomic E-state index is 0.0611. The molecule has 1 amide bonds. The number of Topliss-reactive ketones (excluding diaryl/α,β-unsaturated/α-hetero) is 1. The summed E-state index contributed by atoms with van der Waals surface area (Å²) in [6.07, 6.45) is -1.37. The summed E-state index contributed by atoms with van der Waals surface area (Å²) in [5.74, 6) is -7.01. The highest BCUT2D eigenvalue weighted by Gasteiger charge is 2.29. The third-order valence-electron chi connectivity index (χ3n) is 4.11. The number of rotatable bonds is 5. The zero-order valence-electron chi connectivity index (χ0n) is 14.7. The summed E-state index contributed by atoms with van der Waals surface area (Å²) in [7, 11) is 2.16. The van der Waals surface area contributed by atoms with Gasteiger partial charge in [-0.15, -0.1) is 0 Å². The Hall–Kier alpha value is -2.62. The topological polar surface area (TPSA) is 82.1 Å². The molecule has 0 N–H and O–H groups in total. The van der Waals surface area contributed by atoms with Gasteiger partial charge in [0.25, 0.3) is 0 Å². The third-order valence-corrected chi connectivity index (χ3v) is 4.11. The molecular formula is C17H18F3NO6. The summed E-state index contributed by atoms with van der Waals surface area (Å²) < 4.78 is 56.4. The molecule has 1 aromatic carbocycles. The van der Waals surface area contributed by atoms with Gasteiger partial charge in [-0.05, 0) is 12.5 Å². The molecular weight excluding hydrogens is 371 g/mol. The van der Waals surface area contributed by atoms with Gasteiger partial charge in [-0.2, -0.15) is 0 Å². The first-order valence-electron chi connectivity index (χ1n) is 8.03. The minimum atomic E-state index is -1.75. The summed E-state index contributed by atoms with van der Waals surface area (Å²) in [4.78, 5) is 36.4. The number of morpholine rings is 1. The van der Waals surface area contributed by atoms with E-state index >= 15 is 0 Å². The molecule has 0 saturated carbocycles. The van der Waals surface area contributed by atoms with Crippen LogP contribution in [0.5, 0.6) is 0 Å². The Labute approximate surface area is 153 Å². The number of hydrogen-bond donors (Lipinski definition) is 0. The lowest BCUT2D eigenvalue weighted by atomic mass is 10.0. The molecule has 10 heteroatoms. The van der Waals surface area contributed by atoms with E-state index in [9.17, 15) is 27.6 Å². The van der Waals surface area contributed by atoms with E-state index in [1.165, 1.54) is 12.0 Å². The number of halogens is 3. The van der Waals surface area contributed by atoms with Crippen LogP contribution in [0.4, 0.5) is 18.0 Å². The number of nitrogens with zero attached hydrogens (tertiary/aromatic N) is 1. The number of benzene rings is 1. The van der Waals surface area contributed by atoms with Crippen LogP contribution in [0.25, 0.3) is 0 Å². The molecule has 1 fully saturated rings. The maximum absolute atomic E-state index is 14.1.